The van der Waals surface area contributed by atoms with Gasteiger partial charge in [-0.25, -0.2) is 9.97 Å². The van der Waals surface area contributed by atoms with E-state index in [4.69, 9.17) is 9.97 Å². The van der Waals surface area contributed by atoms with Crippen LogP contribution in [0, 0.1) is 11.3 Å². The van der Waals surface area contributed by atoms with E-state index in [1.807, 2.05) is 60.7 Å². The minimum absolute atomic E-state index is 0. The molecule has 0 saturated heterocycles. The molecule has 0 fully saturated rings. The topological polar surface area (TPSA) is 59.4 Å². The van der Waals surface area contributed by atoms with E-state index in [-0.39, 0.29) is 8.41 Å². The molecule has 10 rings (SSSR count). The average Bonchev–Trinajstić information content (AvgIpc) is 3.74. The SMILES string of the molecule is N#Cc1c(-c2ccccc2)nc(-c2ccc(-n3c4ccccc4c4ccc5c6ccccc6n(-c6ccccc6)c5c43)cc2)nc1-c1ccccc1.[B]. The Morgan fingerprint density at radius 1 is 0.396 bits per heavy atom. The zero-order valence-corrected chi connectivity index (χ0v) is 28.6. The number of hydrogen-bond acceptors (Lipinski definition) is 3. The Bertz CT molecular complexity index is 2940. The molecule has 0 spiro atoms. The third kappa shape index (κ3) is 5.02. The zero-order valence-electron chi connectivity index (χ0n) is 28.6. The Labute approximate surface area is 308 Å². The molecule has 0 bridgehead atoms. The number of aromatic nitrogens is 4. The van der Waals surface area contributed by atoms with Crippen LogP contribution in [0.4, 0.5) is 0 Å². The Balaban J connectivity index is 0.00000372. The smallest absolute Gasteiger partial charge is 0.160 e. The monoisotopic (exact) mass is 674 g/mol. The van der Waals surface area contributed by atoms with Gasteiger partial charge in [0.2, 0.25) is 0 Å². The summed E-state index contributed by atoms with van der Waals surface area (Å²) < 4.78 is 4.79. The molecule has 3 aromatic heterocycles. The van der Waals surface area contributed by atoms with Crippen molar-refractivity contribution in [2.45, 2.75) is 0 Å². The molecule has 53 heavy (non-hydrogen) atoms. The number of benzene rings is 7. The van der Waals surface area contributed by atoms with Crippen LogP contribution in [0.3, 0.4) is 0 Å². The summed E-state index contributed by atoms with van der Waals surface area (Å²) in [6, 6.07) is 63.1. The van der Waals surface area contributed by atoms with Crippen LogP contribution in [0.15, 0.2) is 176 Å². The van der Waals surface area contributed by atoms with E-state index in [0.717, 1.165) is 39.1 Å². The summed E-state index contributed by atoms with van der Waals surface area (Å²) in [6.07, 6.45) is 0. The van der Waals surface area contributed by atoms with Gasteiger partial charge in [0.25, 0.3) is 0 Å². The summed E-state index contributed by atoms with van der Waals surface area (Å²) in [5.74, 6) is 0.567. The molecule has 3 heterocycles. The van der Waals surface area contributed by atoms with Crippen molar-refractivity contribution in [3.05, 3.63) is 181 Å². The second kappa shape index (κ2) is 12.8. The van der Waals surface area contributed by atoms with Gasteiger partial charge < -0.3 is 9.13 Å². The molecule has 0 aliphatic carbocycles. The van der Waals surface area contributed by atoms with E-state index >= 15 is 0 Å². The fraction of sp³-hybridized carbons (Fsp3) is 0. The minimum Gasteiger partial charge on any atom is -0.307 e. The standard InChI is InChI=1S/C47H29N5.B/c48-30-40-43(31-14-4-1-5-15-31)49-47(50-44(40)32-16-6-2-7-17-32)33-24-26-35(27-25-33)52-42-23-13-11-21-37(42)39-29-28-38-36-20-10-12-22-41(36)51(45(38)46(39)52)34-18-8-3-9-19-34;/h1-29H;. The van der Waals surface area contributed by atoms with E-state index < -0.39 is 0 Å². The highest BCUT2D eigenvalue weighted by atomic mass is 15.0. The van der Waals surface area contributed by atoms with Crippen LogP contribution in [0.5, 0.6) is 0 Å². The number of hydrogen-bond donors (Lipinski definition) is 0. The highest BCUT2D eigenvalue weighted by Gasteiger charge is 2.22. The van der Waals surface area contributed by atoms with Crippen LogP contribution >= 0.6 is 0 Å². The van der Waals surface area contributed by atoms with Gasteiger partial charge in [-0.1, -0.05) is 127 Å². The minimum atomic E-state index is 0. The summed E-state index contributed by atoms with van der Waals surface area (Å²) in [4.78, 5) is 10.1. The van der Waals surface area contributed by atoms with Gasteiger partial charge >= 0.3 is 0 Å². The predicted octanol–water partition coefficient (Wildman–Crippen LogP) is 11.2. The molecular weight excluding hydrogens is 645 g/mol. The van der Waals surface area contributed by atoms with Gasteiger partial charge in [0.1, 0.15) is 11.6 Å². The molecular formula is C47H29BN5. The van der Waals surface area contributed by atoms with Gasteiger partial charge in [-0.05, 0) is 48.5 Å². The number of fused-ring (bicyclic) bond motifs is 7. The van der Waals surface area contributed by atoms with E-state index in [9.17, 15) is 5.26 Å². The first-order valence-electron chi connectivity index (χ1n) is 17.3. The Morgan fingerprint density at radius 3 is 1.28 bits per heavy atom. The molecule has 0 saturated carbocycles. The number of nitriles is 1. The highest BCUT2D eigenvalue weighted by Crippen LogP contribution is 2.42. The van der Waals surface area contributed by atoms with Crippen LogP contribution in [-0.2, 0) is 0 Å². The maximum atomic E-state index is 10.4. The van der Waals surface area contributed by atoms with Crippen molar-refractivity contribution in [1.82, 2.24) is 19.1 Å². The fourth-order valence-corrected chi connectivity index (χ4v) is 7.68. The molecule has 10 aromatic rings. The Kier molecular flexibility index (Phi) is 7.68. The number of nitrogens with zero attached hydrogens (tertiary/aromatic N) is 5. The Hall–Kier alpha value is -7.23. The molecule has 0 aliphatic rings. The summed E-state index contributed by atoms with van der Waals surface area (Å²) in [5, 5.41) is 15.2. The predicted molar refractivity (Wildman–Crippen MR) is 217 cm³/mol. The van der Waals surface area contributed by atoms with Crippen LogP contribution < -0.4 is 0 Å². The van der Waals surface area contributed by atoms with Gasteiger partial charge in [0.15, 0.2) is 5.82 Å². The molecule has 0 atom stereocenters. The van der Waals surface area contributed by atoms with Gasteiger partial charge in [-0.15, -0.1) is 0 Å². The lowest BCUT2D eigenvalue weighted by Gasteiger charge is -2.14. The summed E-state index contributed by atoms with van der Waals surface area (Å²) in [6.45, 7) is 0. The van der Waals surface area contributed by atoms with Crippen molar-refractivity contribution in [3.63, 3.8) is 0 Å². The fourth-order valence-electron chi connectivity index (χ4n) is 7.68. The average molecular weight is 675 g/mol. The van der Waals surface area contributed by atoms with Crippen molar-refractivity contribution in [2.75, 3.05) is 0 Å². The first-order chi connectivity index (χ1) is 25.8. The maximum Gasteiger partial charge on any atom is 0.160 e. The number of rotatable bonds is 5. The molecule has 6 heteroatoms. The lowest BCUT2D eigenvalue weighted by Crippen LogP contribution is -2.01. The van der Waals surface area contributed by atoms with Gasteiger partial charge in [0, 0.05) is 58.0 Å². The van der Waals surface area contributed by atoms with Gasteiger partial charge in [-0.3, -0.25) is 0 Å². The molecule has 0 amide bonds. The molecule has 3 radical (unpaired) electrons. The van der Waals surface area contributed by atoms with Crippen LogP contribution in [0.1, 0.15) is 5.56 Å². The second-order valence-corrected chi connectivity index (χ2v) is 12.9. The van der Waals surface area contributed by atoms with Crippen molar-refractivity contribution in [3.8, 4) is 51.3 Å². The largest absolute Gasteiger partial charge is 0.307 e. The Morgan fingerprint density at radius 2 is 0.811 bits per heavy atom. The van der Waals surface area contributed by atoms with E-state index in [1.54, 1.807) is 0 Å². The van der Waals surface area contributed by atoms with Crippen molar-refractivity contribution in [2.24, 2.45) is 0 Å². The number of para-hydroxylation sites is 3. The molecule has 245 valence electrons. The first-order valence-corrected chi connectivity index (χ1v) is 17.3. The quantitative estimate of drug-likeness (QED) is 0.171. The van der Waals surface area contributed by atoms with Crippen molar-refractivity contribution >= 4 is 52.0 Å². The van der Waals surface area contributed by atoms with E-state index in [0.29, 0.717) is 22.8 Å². The molecule has 0 unspecified atom stereocenters. The molecule has 0 N–H and O–H groups in total. The maximum absolute atomic E-state index is 10.4. The van der Waals surface area contributed by atoms with E-state index in [1.165, 1.54) is 32.6 Å². The van der Waals surface area contributed by atoms with Gasteiger partial charge in [0.05, 0.1) is 33.5 Å². The molecule has 0 aliphatic heterocycles. The van der Waals surface area contributed by atoms with Crippen LogP contribution in [-0.4, -0.2) is 27.5 Å². The lowest BCUT2D eigenvalue weighted by molar-refractivity contribution is 1.14. The molecule has 5 nitrogen and oxygen atoms in total. The summed E-state index contributed by atoms with van der Waals surface area (Å²) >= 11 is 0. The highest BCUT2D eigenvalue weighted by molar-refractivity contribution is 6.23. The second-order valence-electron chi connectivity index (χ2n) is 12.9. The normalized spacial score (nSPS) is 11.2. The third-order valence-corrected chi connectivity index (χ3v) is 9.98. The van der Waals surface area contributed by atoms with Crippen LogP contribution in [0.25, 0.3) is 88.9 Å². The van der Waals surface area contributed by atoms with Crippen LogP contribution in [0.2, 0.25) is 0 Å². The van der Waals surface area contributed by atoms with E-state index in [2.05, 4.69) is 130 Å². The lowest BCUT2D eigenvalue weighted by atomic mass is 10.0. The van der Waals surface area contributed by atoms with Crippen molar-refractivity contribution < 1.29 is 0 Å². The van der Waals surface area contributed by atoms with Crippen molar-refractivity contribution in [1.29, 1.82) is 5.26 Å². The summed E-state index contributed by atoms with van der Waals surface area (Å²) in [5.41, 5.74) is 11.1. The van der Waals surface area contributed by atoms with Gasteiger partial charge in [-0.2, -0.15) is 5.26 Å². The summed E-state index contributed by atoms with van der Waals surface area (Å²) in [7, 11) is 0. The first kappa shape index (κ1) is 31.7. The third-order valence-electron chi connectivity index (χ3n) is 9.98. The molecule has 7 aromatic carbocycles. The zero-order chi connectivity index (χ0) is 34.6.